The third-order valence-corrected chi connectivity index (χ3v) is 5.88. The Morgan fingerprint density at radius 1 is 0.903 bits per heavy atom. The van der Waals surface area contributed by atoms with E-state index in [1.54, 1.807) is 32.4 Å². The molecule has 2 aliphatic rings. The highest BCUT2D eigenvalue weighted by Gasteiger charge is 2.43. The van der Waals surface area contributed by atoms with E-state index in [1.807, 2.05) is 36.9 Å². The molecule has 1 saturated heterocycles. The van der Waals surface area contributed by atoms with Gasteiger partial charge in [-0.15, -0.1) is 0 Å². The summed E-state index contributed by atoms with van der Waals surface area (Å²) in [5, 5.41) is 0. The van der Waals surface area contributed by atoms with Crippen molar-refractivity contribution in [1.82, 2.24) is 4.90 Å². The van der Waals surface area contributed by atoms with Gasteiger partial charge in [0.15, 0.2) is 11.5 Å². The van der Waals surface area contributed by atoms with E-state index in [1.165, 1.54) is 4.90 Å². The van der Waals surface area contributed by atoms with Crippen LogP contribution in [0.3, 0.4) is 0 Å². The lowest BCUT2D eigenvalue weighted by atomic mass is 10.0. The predicted octanol–water partition coefficient (Wildman–Crippen LogP) is 2.94. The van der Waals surface area contributed by atoms with Gasteiger partial charge >= 0.3 is 0 Å². The zero-order valence-electron chi connectivity index (χ0n) is 18.2. The number of carbonyl (C=O) groups is 2. The van der Waals surface area contributed by atoms with Crippen molar-refractivity contribution >= 4 is 23.1 Å². The summed E-state index contributed by atoms with van der Waals surface area (Å²) in [5.41, 5.74) is 3.92. The molecular weight excluding hydrogens is 396 g/mol. The molecule has 31 heavy (non-hydrogen) atoms. The first-order chi connectivity index (χ1) is 15.0. The lowest BCUT2D eigenvalue weighted by Crippen LogP contribution is -2.40. The van der Waals surface area contributed by atoms with Gasteiger partial charge in [0.25, 0.3) is 11.8 Å². The molecule has 0 radical (unpaired) electrons. The van der Waals surface area contributed by atoms with Crippen LogP contribution in [0.15, 0.2) is 42.1 Å². The molecule has 2 amide bonds. The number of hydrogen-bond acceptors (Lipinski definition) is 6. The van der Waals surface area contributed by atoms with Crippen molar-refractivity contribution in [3.05, 3.63) is 58.8 Å². The summed E-state index contributed by atoms with van der Waals surface area (Å²) in [6.07, 6.45) is 0. The predicted molar refractivity (Wildman–Crippen MR) is 117 cm³/mol. The number of anilines is 1. The number of morpholine rings is 1. The SMILES string of the molecule is COc1ccc(C2=C(N3CCOCC3)C(=O)N(c3cccc(C)c3C)C2=O)cc1OC. The minimum Gasteiger partial charge on any atom is -0.493 e. The number of amides is 2. The Balaban J connectivity index is 1.87. The number of aryl methyl sites for hydroxylation is 1. The Hall–Kier alpha value is -3.32. The molecule has 0 saturated carbocycles. The second-order valence-corrected chi connectivity index (χ2v) is 7.56. The maximum atomic E-state index is 13.7. The molecule has 2 heterocycles. The molecule has 2 aromatic carbocycles. The molecule has 0 unspecified atom stereocenters. The second-order valence-electron chi connectivity index (χ2n) is 7.56. The summed E-state index contributed by atoms with van der Waals surface area (Å²) in [4.78, 5) is 30.6. The van der Waals surface area contributed by atoms with Crippen LogP contribution in [0.4, 0.5) is 5.69 Å². The first-order valence-corrected chi connectivity index (χ1v) is 10.2. The fraction of sp³-hybridized carbons (Fsp3) is 0.333. The fourth-order valence-electron chi connectivity index (χ4n) is 4.05. The molecule has 7 nitrogen and oxygen atoms in total. The average Bonchev–Trinajstić information content (AvgIpc) is 3.05. The van der Waals surface area contributed by atoms with Crippen LogP contribution in [0.2, 0.25) is 0 Å². The molecule has 162 valence electrons. The van der Waals surface area contributed by atoms with E-state index in [2.05, 4.69) is 0 Å². The number of nitrogens with zero attached hydrogens (tertiary/aromatic N) is 2. The van der Waals surface area contributed by atoms with Crippen molar-refractivity contribution < 1.29 is 23.8 Å². The quantitative estimate of drug-likeness (QED) is 0.691. The number of ether oxygens (including phenoxy) is 3. The zero-order valence-corrected chi connectivity index (χ0v) is 18.2. The monoisotopic (exact) mass is 422 g/mol. The second kappa shape index (κ2) is 8.43. The Kier molecular flexibility index (Phi) is 5.69. The first-order valence-electron chi connectivity index (χ1n) is 10.2. The smallest absolute Gasteiger partial charge is 0.282 e. The molecule has 7 heteroatoms. The van der Waals surface area contributed by atoms with Gasteiger partial charge in [0.05, 0.1) is 38.7 Å². The molecule has 0 bridgehead atoms. The van der Waals surface area contributed by atoms with Crippen molar-refractivity contribution in [2.45, 2.75) is 13.8 Å². The van der Waals surface area contributed by atoms with E-state index in [4.69, 9.17) is 14.2 Å². The summed E-state index contributed by atoms with van der Waals surface area (Å²) in [7, 11) is 3.10. The lowest BCUT2D eigenvalue weighted by Gasteiger charge is -2.30. The van der Waals surface area contributed by atoms with E-state index in [9.17, 15) is 9.59 Å². The van der Waals surface area contributed by atoms with Gasteiger partial charge in [0, 0.05) is 13.1 Å². The number of rotatable bonds is 5. The summed E-state index contributed by atoms with van der Waals surface area (Å²) >= 11 is 0. The van der Waals surface area contributed by atoms with Crippen molar-refractivity contribution in [2.24, 2.45) is 0 Å². The summed E-state index contributed by atoms with van der Waals surface area (Å²) in [6, 6.07) is 10.9. The fourth-order valence-corrected chi connectivity index (χ4v) is 4.05. The number of imide groups is 1. The van der Waals surface area contributed by atoms with Gasteiger partial charge in [-0.05, 0) is 48.7 Å². The molecule has 4 rings (SSSR count). The normalized spacial score (nSPS) is 16.9. The van der Waals surface area contributed by atoms with Crippen LogP contribution in [0.5, 0.6) is 11.5 Å². The van der Waals surface area contributed by atoms with Crippen LogP contribution in [0, 0.1) is 13.8 Å². The Morgan fingerprint density at radius 2 is 1.61 bits per heavy atom. The molecule has 0 N–H and O–H groups in total. The third kappa shape index (κ3) is 3.55. The number of hydrogen-bond donors (Lipinski definition) is 0. The van der Waals surface area contributed by atoms with E-state index < -0.39 is 0 Å². The van der Waals surface area contributed by atoms with Crippen LogP contribution in [-0.4, -0.2) is 57.2 Å². The highest BCUT2D eigenvalue weighted by molar-refractivity contribution is 6.45. The first kappa shape index (κ1) is 20.9. The standard InChI is InChI=1S/C24H26N2O5/c1-15-6-5-7-18(16(15)2)26-23(27)21(17-8-9-19(29-3)20(14-17)30-4)22(24(26)28)25-10-12-31-13-11-25/h5-9,14H,10-13H2,1-4H3. The third-order valence-electron chi connectivity index (χ3n) is 5.88. The molecule has 2 aliphatic heterocycles. The van der Waals surface area contributed by atoms with Gasteiger partial charge < -0.3 is 19.1 Å². The maximum Gasteiger partial charge on any atom is 0.282 e. The van der Waals surface area contributed by atoms with Gasteiger partial charge in [-0.25, -0.2) is 4.90 Å². The van der Waals surface area contributed by atoms with Gasteiger partial charge in [-0.1, -0.05) is 18.2 Å². The molecular formula is C24H26N2O5. The molecule has 1 fully saturated rings. The van der Waals surface area contributed by atoms with Crippen LogP contribution >= 0.6 is 0 Å². The topological polar surface area (TPSA) is 68.3 Å². The largest absolute Gasteiger partial charge is 0.493 e. The molecule has 0 spiro atoms. The van der Waals surface area contributed by atoms with Crippen LogP contribution in [0.25, 0.3) is 5.57 Å². The van der Waals surface area contributed by atoms with E-state index >= 15 is 0 Å². The van der Waals surface area contributed by atoms with Gasteiger partial charge in [0.2, 0.25) is 0 Å². The molecule has 2 aromatic rings. The molecule has 0 aliphatic carbocycles. The minimum absolute atomic E-state index is 0.314. The Bertz CT molecular complexity index is 1070. The van der Waals surface area contributed by atoms with E-state index in [0.717, 1.165) is 11.1 Å². The van der Waals surface area contributed by atoms with Crippen molar-refractivity contribution in [1.29, 1.82) is 0 Å². The number of methoxy groups -OCH3 is 2. The lowest BCUT2D eigenvalue weighted by molar-refractivity contribution is -0.121. The molecule has 0 aromatic heterocycles. The van der Waals surface area contributed by atoms with Crippen molar-refractivity contribution in [3.63, 3.8) is 0 Å². The number of carbonyl (C=O) groups excluding carboxylic acids is 2. The Labute approximate surface area is 181 Å². The zero-order chi connectivity index (χ0) is 22.1. The van der Waals surface area contributed by atoms with Crippen molar-refractivity contribution in [2.75, 3.05) is 45.4 Å². The van der Waals surface area contributed by atoms with E-state index in [-0.39, 0.29) is 11.8 Å². The van der Waals surface area contributed by atoms with Gasteiger partial charge in [-0.3, -0.25) is 9.59 Å². The van der Waals surface area contributed by atoms with Crippen LogP contribution in [-0.2, 0) is 14.3 Å². The Morgan fingerprint density at radius 3 is 2.29 bits per heavy atom. The number of benzene rings is 2. The highest BCUT2D eigenvalue weighted by Crippen LogP contribution is 2.39. The van der Waals surface area contributed by atoms with Crippen molar-refractivity contribution in [3.8, 4) is 11.5 Å². The highest BCUT2D eigenvalue weighted by atomic mass is 16.5. The van der Waals surface area contributed by atoms with Gasteiger partial charge in [-0.2, -0.15) is 0 Å². The molecule has 0 atom stereocenters. The van der Waals surface area contributed by atoms with Gasteiger partial charge in [0.1, 0.15) is 5.70 Å². The average molecular weight is 422 g/mol. The maximum absolute atomic E-state index is 13.7. The van der Waals surface area contributed by atoms with E-state index in [0.29, 0.717) is 60.3 Å². The van der Waals surface area contributed by atoms with Crippen LogP contribution < -0.4 is 14.4 Å². The minimum atomic E-state index is -0.340. The summed E-state index contributed by atoms with van der Waals surface area (Å²) in [6.45, 7) is 6.00. The summed E-state index contributed by atoms with van der Waals surface area (Å²) < 4.78 is 16.2. The summed E-state index contributed by atoms with van der Waals surface area (Å²) in [5.74, 6) is 0.403. The van der Waals surface area contributed by atoms with Crippen LogP contribution in [0.1, 0.15) is 16.7 Å².